The van der Waals surface area contributed by atoms with Crippen molar-refractivity contribution in [1.29, 1.82) is 0 Å². The number of fused-ring (bicyclic) bond motifs is 1. The SMILES string of the molecule is CCn1cnnc1-c1nn(C)c2c1CN(C(=O)CN(C)S(=O)(=O)c1cccs1)CC2. The maximum Gasteiger partial charge on any atom is 0.252 e. The maximum absolute atomic E-state index is 12.9. The highest BCUT2D eigenvalue weighted by Crippen LogP contribution is 2.29. The van der Waals surface area contributed by atoms with E-state index in [1.54, 1.807) is 28.7 Å². The average Bonchev–Trinajstić information content (AvgIpc) is 3.47. The fourth-order valence-electron chi connectivity index (χ4n) is 3.59. The Hall–Kier alpha value is -2.57. The van der Waals surface area contributed by atoms with E-state index < -0.39 is 10.0 Å². The van der Waals surface area contributed by atoms with E-state index in [1.807, 2.05) is 23.2 Å². The first kappa shape index (κ1) is 20.7. The van der Waals surface area contributed by atoms with Crippen molar-refractivity contribution < 1.29 is 13.2 Å². The van der Waals surface area contributed by atoms with Gasteiger partial charge in [0.1, 0.15) is 16.2 Å². The summed E-state index contributed by atoms with van der Waals surface area (Å²) >= 11 is 1.14. The molecule has 0 saturated carbocycles. The Morgan fingerprint density at radius 3 is 2.87 bits per heavy atom. The zero-order valence-corrected chi connectivity index (χ0v) is 18.6. The predicted octanol–water partition coefficient (Wildman–Crippen LogP) is 0.965. The molecule has 0 radical (unpaired) electrons. The minimum absolute atomic E-state index is 0.212. The largest absolute Gasteiger partial charge is 0.337 e. The van der Waals surface area contributed by atoms with Gasteiger partial charge >= 0.3 is 0 Å². The van der Waals surface area contributed by atoms with Crippen LogP contribution in [0.1, 0.15) is 18.2 Å². The van der Waals surface area contributed by atoms with Crippen LogP contribution in [0, 0.1) is 0 Å². The highest BCUT2D eigenvalue weighted by atomic mass is 32.2. The molecule has 0 fully saturated rings. The third-order valence-electron chi connectivity index (χ3n) is 5.28. The topological polar surface area (TPSA) is 106 Å². The molecule has 3 aromatic heterocycles. The van der Waals surface area contributed by atoms with Gasteiger partial charge in [-0.2, -0.15) is 9.40 Å². The number of amides is 1. The summed E-state index contributed by atoms with van der Waals surface area (Å²) in [7, 11) is -0.357. The number of thiophene rings is 1. The fraction of sp³-hybridized carbons (Fsp3) is 0.444. The third kappa shape index (κ3) is 3.55. The summed E-state index contributed by atoms with van der Waals surface area (Å²) in [6.07, 6.45) is 2.30. The lowest BCUT2D eigenvalue weighted by Gasteiger charge is -2.29. The van der Waals surface area contributed by atoms with Crippen LogP contribution in [0.4, 0.5) is 0 Å². The molecule has 0 aromatic carbocycles. The molecule has 0 unspecified atom stereocenters. The second kappa shape index (κ2) is 7.93. The van der Waals surface area contributed by atoms with Crippen molar-refractivity contribution in [2.75, 3.05) is 20.1 Å². The van der Waals surface area contributed by atoms with Gasteiger partial charge in [-0.15, -0.1) is 21.5 Å². The van der Waals surface area contributed by atoms with E-state index in [0.29, 0.717) is 37.6 Å². The summed E-state index contributed by atoms with van der Waals surface area (Å²) in [5, 5.41) is 14.5. The molecule has 4 rings (SSSR count). The van der Waals surface area contributed by atoms with Crippen LogP contribution in [0.25, 0.3) is 11.5 Å². The second-order valence-corrected chi connectivity index (χ2v) is 10.3. The monoisotopic (exact) mass is 449 g/mol. The summed E-state index contributed by atoms with van der Waals surface area (Å²) in [6.45, 7) is 3.37. The molecule has 0 saturated heterocycles. The lowest BCUT2D eigenvalue weighted by Crippen LogP contribution is -2.43. The molecule has 3 aromatic rings. The van der Waals surface area contributed by atoms with Gasteiger partial charge in [-0.1, -0.05) is 6.07 Å². The van der Waals surface area contributed by atoms with Gasteiger partial charge < -0.3 is 9.47 Å². The zero-order chi connectivity index (χ0) is 21.5. The molecular weight excluding hydrogens is 426 g/mol. The van der Waals surface area contributed by atoms with Gasteiger partial charge in [0.15, 0.2) is 5.82 Å². The smallest absolute Gasteiger partial charge is 0.252 e. The Morgan fingerprint density at radius 2 is 2.17 bits per heavy atom. The highest BCUT2D eigenvalue weighted by molar-refractivity contribution is 7.91. The summed E-state index contributed by atoms with van der Waals surface area (Å²) in [5.41, 5.74) is 2.70. The van der Waals surface area contributed by atoms with Crippen molar-refractivity contribution in [1.82, 2.24) is 33.8 Å². The summed E-state index contributed by atoms with van der Waals surface area (Å²) < 4.78 is 30.3. The van der Waals surface area contributed by atoms with Crippen molar-refractivity contribution in [2.45, 2.75) is 30.6 Å². The normalized spacial score (nSPS) is 14.3. The standard InChI is InChI=1S/C18H23N7O3S2/c1-4-24-12-19-20-18(24)17-13-10-25(8-7-14(13)23(3)21-17)15(26)11-22(2)30(27,28)16-6-5-9-29-16/h5-6,9,12H,4,7-8,10-11H2,1-3H3. The summed E-state index contributed by atoms with van der Waals surface area (Å²) in [4.78, 5) is 14.6. The van der Waals surface area contributed by atoms with Gasteiger partial charge in [0.2, 0.25) is 5.91 Å². The molecule has 1 aliphatic heterocycles. The van der Waals surface area contributed by atoms with Gasteiger partial charge in [-0.25, -0.2) is 8.42 Å². The number of hydrogen-bond donors (Lipinski definition) is 0. The number of carbonyl (C=O) groups excluding carboxylic acids is 1. The second-order valence-electron chi connectivity index (χ2n) is 7.10. The number of aryl methyl sites for hydroxylation is 2. The molecule has 10 nitrogen and oxygen atoms in total. The van der Waals surface area contributed by atoms with Gasteiger partial charge in [0.05, 0.1) is 6.54 Å². The quantitative estimate of drug-likeness (QED) is 0.555. The lowest BCUT2D eigenvalue weighted by molar-refractivity contribution is -0.132. The van der Waals surface area contributed by atoms with Crippen molar-refractivity contribution in [2.24, 2.45) is 7.05 Å². The van der Waals surface area contributed by atoms with E-state index in [-0.39, 0.29) is 16.7 Å². The van der Waals surface area contributed by atoms with Crippen molar-refractivity contribution in [3.63, 3.8) is 0 Å². The van der Waals surface area contributed by atoms with Crippen LogP contribution >= 0.6 is 11.3 Å². The van der Waals surface area contributed by atoms with Crippen LogP contribution in [-0.4, -0.2) is 68.2 Å². The predicted molar refractivity (Wildman–Crippen MR) is 111 cm³/mol. The van der Waals surface area contributed by atoms with Crippen molar-refractivity contribution >= 4 is 27.3 Å². The summed E-state index contributed by atoms with van der Waals surface area (Å²) in [6, 6.07) is 3.22. The summed E-state index contributed by atoms with van der Waals surface area (Å²) in [5.74, 6) is 0.427. The molecule has 12 heteroatoms. The van der Waals surface area contributed by atoms with Crippen LogP contribution in [-0.2, 0) is 41.4 Å². The molecule has 30 heavy (non-hydrogen) atoms. The number of likely N-dealkylation sites (N-methyl/N-ethyl adjacent to an activating group) is 1. The molecule has 0 N–H and O–H groups in total. The maximum atomic E-state index is 12.9. The number of rotatable bonds is 6. The number of sulfonamides is 1. The van der Waals surface area contributed by atoms with Gasteiger partial charge in [-0.05, 0) is 18.4 Å². The molecular formula is C18H23N7O3S2. The minimum atomic E-state index is -3.67. The number of nitrogens with zero attached hydrogens (tertiary/aromatic N) is 7. The van der Waals surface area contributed by atoms with E-state index in [4.69, 9.17) is 0 Å². The minimum Gasteiger partial charge on any atom is -0.337 e. The van der Waals surface area contributed by atoms with Crippen molar-refractivity contribution in [3.05, 3.63) is 35.1 Å². The Morgan fingerprint density at radius 1 is 1.37 bits per heavy atom. The number of carbonyl (C=O) groups is 1. The van der Waals surface area contributed by atoms with Gasteiger partial charge in [0.25, 0.3) is 10.0 Å². The first-order valence-electron chi connectivity index (χ1n) is 9.53. The molecule has 0 aliphatic carbocycles. The molecule has 160 valence electrons. The molecule has 4 heterocycles. The molecule has 0 bridgehead atoms. The van der Waals surface area contributed by atoms with Crippen LogP contribution in [0.5, 0.6) is 0 Å². The zero-order valence-electron chi connectivity index (χ0n) is 17.0. The van der Waals surface area contributed by atoms with Crippen LogP contribution in [0.3, 0.4) is 0 Å². The van der Waals surface area contributed by atoms with Gasteiger partial charge in [0, 0.05) is 51.4 Å². The third-order valence-corrected chi connectivity index (χ3v) is 8.46. The molecule has 0 atom stereocenters. The van der Waals surface area contributed by atoms with Crippen LogP contribution < -0.4 is 0 Å². The van der Waals surface area contributed by atoms with E-state index in [9.17, 15) is 13.2 Å². The van der Waals surface area contributed by atoms with E-state index in [0.717, 1.165) is 26.9 Å². The van der Waals surface area contributed by atoms with Gasteiger partial charge in [-0.3, -0.25) is 9.48 Å². The van der Waals surface area contributed by atoms with E-state index in [2.05, 4.69) is 15.3 Å². The highest BCUT2D eigenvalue weighted by Gasteiger charge is 2.31. The number of hydrogen-bond acceptors (Lipinski definition) is 7. The molecule has 1 amide bonds. The number of aromatic nitrogens is 5. The Bertz CT molecular complexity index is 1160. The molecule has 0 spiro atoms. The van der Waals surface area contributed by atoms with Crippen LogP contribution in [0.15, 0.2) is 28.0 Å². The first-order valence-corrected chi connectivity index (χ1v) is 11.9. The lowest BCUT2D eigenvalue weighted by atomic mass is 10.0. The Labute approximate surface area is 178 Å². The average molecular weight is 450 g/mol. The van der Waals surface area contributed by atoms with Crippen LogP contribution in [0.2, 0.25) is 0 Å². The van der Waals surface area contributed by atoms with E-state index >= 15 is 0 Å². The Kier molecular flexibility index (Phi) is 5.47. The fourth-order valence-corrected chi connectivity index (χ4v) is 5.92. The Balaban J connectivity index is 1.55. The molecule has 1 aliphatic rings. The first-order chi connectivity index (χ1) is 14.3. The van der Waals surface area contributed by atoms with E-state index in [1.165, 1.54) is 7.05 Å². The van der Waals surface area contributed by atoms with Crippen molar-refractivity contribution in [3.8, 4) is 11.5 Å².